The lowest BCUT2D eigenvalue weighted by Gasteiger charge is -2.39. The summed E-state index contributed by atoms with van der Waals surface area (Å²) in [5, 5.41) is 3.27. The lowest BCUT2D eigenvalue weighted by Crippen LogP contribution is -2.48. The molecule has 0 saturated carbocycles. The van der Waals surface area contributed by atoms with E-state index in [4.69, 9.17) is 0 Å². The number of para-hydroxylation sites is 1. The molecule has 1 aliphatic heterocycles. The summed E-state index contributed by atoms with van der Waals surface area (Å²) in [5.74, 6) is -0.232. The van der Waals surface area contributed by atoms with Crippen molar-refractivity contribution in [1.82, 2.24) is 4.90 Å². The Morgan fingerprint density at radius 2 is 1.22 bits per heavy atom. The zero-order valence-corrected chi connectivity index (χ0v) is 18.0. The topological polar surface area (TPSA) is 52.6 Å². The SMILES string of the molecule is Cc1ccc(NC2=C(N3CCN(c4ccccc4)CC3)C(=O)c3ccccc3C2=O)cc1. The number of benzene rings is 3. The van der Waals surface area contributed by atoms with E-state index in [1.807, 2.05) is 55.5 Å². The molecular formula is C27H25N3O2. The number of allylic oxidation sites excluding steroid dienone is 2. The van der Waals surface area contributed by atoms with Gasteiger partial charge in [0.05, 0.1) is 0 Å². The van der Waals surface area contributed by atoms with Gasteiger partial charge in [-0.2, -0.15) is 0 Å². The number of nitrogens with one attached hydrogen (secondary N) is 1. The first-order valence-electron chi connectivity index (χ1n) is 10.9. The summed E-state index contributed by atoms with van der Waals surface area (Å²) in [4.78, 5) is 31.4. The van der Waals surface area contributed by atoms with Gasteiger partial charge < -0.3 is 15.1 Å². The maximum absolute atomic E-state index is 13.6. The Bertz CT molecular complexity index is 1190. The summed E-state index contributed by atoms with van der Waals surface area (Å²) in [6, 6.07) is 25.2. The van der Waals surface area contributed by atoms with Gasteiger partial charge in [0.1, 0.15) is 11.4 Å². The molecule has 2 aliphatic rings. The number of piperazine rings is 1. The molecule has 0 spiro atoms. The summed E-state index contributed by atoms with van der Waals surface area (Å²) < 4.78 is 0. The number of hydrogen-bond donors (Lipinski definition) is 1. The van der Waals surface area contributed by atoms with Gasteiger partial charge in [-0.15, -0.1) is 0 Å². The summed E-state index contributed by atoms with van der Waals surface area (Å²) in [6.07, 6.45) is 0. The molecule has 5 heteroatoms. The van der Waals surface area contributed by atoms with Gasteiger partial charge in [0, 0.05) is 48.7 Å². The molecule has 3 aromatic carbocycles. The van der Waals surface area contributed by atoms with Crippen molar-refractivity contribution in [2.75, 3.05) is 36.4 Å². The van der Waals surface area contributed by atoms with Gasteiger partial charge in [0.25, 0.3) is 0 Å². The number of anilines is 2. The van der Waals surface area contributed by atoms with Gasteiger partial charge in [-0.25, -0.2) is 0 Å². The third kappa shape index (κ3) is 3.66. The van der Waals surface area contributed by atoms with Crippen LogP contribution >= 0.6 is 0 Å². The highest BCUT2D eigenvalue weighted by Crippen LogP contribution is 2.30. The van der Waals surface area contributed by atoms with E-state index < -0.39 is 0 Å². The molecule has 1 saturated heterocycles. The van der Waals surface area contributed by atoms with E-state index in [-0.39, 0.29) is 11.6 Å². The number of rotatable bonds is 4. The molecule has 1 N–H and O–H groups in total. The summed E-state index contributed by atoms with van der Waals surface area (Å²) in [7, 11) is 0. The highest BCUT2D eigenvalue weighted by molar-refractivity contribution is 6.27. The Morgan fingerprint density at radius 1 is 0.656 bits per heavy atom. The van der Waals surface area contributed by atoms with Crippen LogP contribution in [0.5, 0.6) is 0 Å². The molecule has 3 aromatic rings. The van der Waals surface area contributed by atoms with Crippen LogP contribution in [-0.2, 0) is 0 Å². The Kier molecular flexibility index (Phi) is 5.23. The van der Waals surface area contributed by atoms with Crippen LogP contribution in [0.25, 0.3) is 0 Å². The molecule has 1 fully saturated rings. The fourth-order valence-electron chi connectivity index (χ4n) is 4.39. The third-order valence-electron chi connectivity index (χ3n) is 6.13. The van der Waals surface area contributed by atoms with Crippen molar-refractivity contribution in [2.45, 2.75) is 6.92 Å². The van der Waals surface area contributed by atoms with E-state index >= 15 is 0 Å². The van der Waals surface area contributed by atoms with Crippen molar-refractivity contribution in [1.29, 1.82) is 0 Å². The fraction of sp³-hybridized carbons (Fsp3) is 0.185. The van der Waals surface area contributed by atoms with Crippen molar-refractivity contribution in [3.05, 3.63) is 107 Å². The van der Waals surface area contributed by atoms with E-state index in [0.29, 0.717) is 35.6 Å². The van der Waals surface area contributed by atoms with E-state index in [2.05, 4.69) is 27.2 Å². The van der Waals surface area contributed by atoms with Crippen LogP contribution in [0.1, 0.15) is 26.3 Å². The maximum atomic E-state index is 13.6. The first kappa shape index (κ1) is 20.1. The second kappa shape index (κ2) is 8.35. The number of Topliss-reactive ketones (excluding diaryl/α,β-unsaturated/α-hetero) is 2. The van der Waals surface area contributed by atoms with E-state index in [1.165, 1.54) is 5.69 Å². The second-order valence-corrected chi connectivity index (χ2v) is 8.23. The number of carbonyl (C=O) groups excluding carboxylic acids is 2. The van der Waals surface area contributed by atoms with E-state index in [0.717, 1.165) is 24.3 Å². The minimum atomic E-state index is -0.138. The van der Waals surface area contributed by atoms with E-state index in [9.17, 15) is 9.59 Å². The Labute approximate surface area is 188 Å². The average Bonchev–Trinajstić information content (AvgIpc) is 2.85. The Hall–Kier alpha value is -3.86. The van der Waals surface area contributed by atoms with Crippen LogP contribution in [0.2, 0.25) is 0 Å². The lowest BCUT2D eigenvalue weighted by molar-refractivity contribution is 0.0939. The van der Waals surface area contributed by atoms with Crippen LogP contribution in [0.4, 0.5) is 11.4 Å². The van der Waals surface area contributed by atoms with E-state index in [1.54, 1.807) is 18.2 Å². The monoisotopic (exact) mass is 423 g/mol. The van der Waals surface area contributed by atoms with Gasteiger partial charge in [-0.3, -0.25) is 9.59 Å². The average molecular weight is 424 g/mol. The molecule has 32 heavy (non-hydrogen) atoms. The molecule has 1 aliphatic carbocycles. The molecule has 1 heterocycles. The molecule has 0 amide bonds. The van der Waals surface area contributed by atoms with Crippen molar-refractivity contribution < 1.29 is 9.59 Å². The summed E-state index contributed by atoms with van der Waals surface area (Å²) >= 11 is 0. The Morgan fingerprint density at radius 3 is 1.88 bits per heavy atom. The molecule has 0 unspecified atom stereocenters. The molecule has 5 rings (SSSR count). The lowest BCUT2D eigenvalue weighted by atomic mass is 9.89. The first-order valence-corrected chi connectivity index (χ1v) is 10.9. The van der Waals surface area contributed by atoms with Gasteiger partial charge in [-0.1, -0.05) is 60.2 Å². The standard InChI is InChI=1S/C27H25N3O2/c1-19-11-13-20(14-12-19)28-24-25(27(32)23-10-6-5-9-22(23)26(24)31)30-17-15-29(16-18-30)21-7-3-2-4-8-21/h2-14,28H,15-18H2,1H3. The van der Waals surface area contributed by atoms with Crippen molar-refractivity contribution in [2.24, 2.45) is 0 Å². The number of nitrogens with zero attached hydrogens (tertiary/aromatic N) is 2. The van der Waals surface area contributed by atoms with Crippen LogP contribution in [0.3, 0.4) is 0 Å². The minimum absolute atomic E-state index is 0.0945. The predicted molar refractivity (Wildman–Crippen MR) is 127 cm³/mol. The molecule has 0 aromatic heterocycles. The number of hydrogen-bond acceptors (Lipinski definition) is 5. The van der Waals surface area contributed by atoms with Crippen LogP contribution in [-0.4, -0.2) is 42.6 Å². The fourth-order valence-corrected chi connectivity index (χ4v) is 4.39. The van der Waals surface area contributed by atoms with Crippen molar-refractivity contribution >= 4 is 22.9 Å². The highest BCUT2D eigenvalue weighted by atomic mass is 16.1. The number of carbonyl (C=O) groups is 2. The van der Waals surface area contributed by atoms with Gasteiger partial charge in [0.2, 0.25) is 11.6 Å². The quantitative estimate of drug-likeness (QED) is 0.669. The minimum Gasteiger partial charge on any atom is -0.368 e. The first-order chi connectivity index (χ1) is 15.6. The van der Waals surface area contributed by atoms with Gasteiger partial charge >= 0.3 is 0 Å². The second-order valence-electron chi connectivity index (χ2n) is 8.23. The molecule has 0 bridgehead atoms. The Balaban J connectivity index is 1.49. The van der Waals surface area contributed by atoms with Crippen LogP contribution < -0.4 is 10.2 Å². The molecule has 0 radical (unpaired) electrons. The zero-order chi connectivity index (χ0) is 22.1. The summed E-state index contributed by atoms with van der Waals surface area (Å²) in [6.45, 7) is 4.93. The van der Waals surface area contributed by atoms with Crippen molar-refractivity contribution in [3.8, 4) is 0 Å². The third-order valence-corrected chi connectivity index (χ3v) is 6.13. The zero-order valence-electron chi connectivity index (χ0n) is 18.0. The van der Waals surface area contributed by atoms with Crippen LogP contribution in [0.15, 0.2) is 90.3 Å². The van der Waals surface area contributed by atoms with Gasteiger partial charge in [-0.05, 0) is 31.2 Å². The highest BCUT2D eigenvalue weighted by Gasteiger charge is 2.36. The smallest absolute Gasteiger partial charge is 0.212 e. The molecular weight excluding hydrogens is 398 g/mol. The summed E-state index contributed by atoms with van der Waals surface area (Å²) in [5.41, 5.74) is 4.89. The molecule has 160 valence electrons. The van der Waals surface area contributed by atoms with Gasteiger partial charge in [0.15, 0.2) is 0 Å². The number of aryl methyl sites for hydroxylation is 1. The molecule has 5 nitrogen and oxygen atoms in total. The predicted octanol–water partition coefficient (Wildman–Crippen LogP) is 4.52. The van der Waals surface area contributed by atoms with Crippen LogP contribution in [0, 0.1) is 6.92 Å². The number of fused-ring (bicyclic) bond motifs is 1. The normalized spacial score (nSPS) is 16.3. The largest absolute Gasteiger partial charge is 0.368 e. The number of ketones is 2. The molecule has 0 atom stereocenters. The maximum Gasteiger partial charge on any atom is 0.212 e. The van der Waals surface area contributed by atoms with Crippen molar-refractivity contribution in [3.63, 3.8) is 0 Å².